The predicted molar refractivity (Wildman–Crippen MR) is 94.5 cm³/mol. The van der Waals surface area contributed by atoms with Crippen LogP contribution >= 0.6 is 15.9 Å². The SMILES string of the molecule is CCCCCCCC(=O)Nc1ccc(Br)cc1C(=O)C(=O)NC. The van der Waals surface area contributed by atoms with Crippen molar-refractivity contribution >= 4 is 39.2 Å². The largest absolute Gasteiger partial charge is 0.352 e. The van der Waals surface area contributed by atoms with Crippen molar-refractivity contribution < 1.29 is 14.4 Å². The number of hydrogen-bond acceptors (Lipinski definition) is 3. The van der Waals surface area contributed by atoms with E-state index in [4.69, 9.17) is 0 Å². The fourth-order valence-electron chi connectivity index (χ4n) is 2.15. The van der Waals surface area contributed by atoms with Gasteiger partial charge < -0.3 is 10.6 Å². The number of benzene rings is 1. The Hall–Kier alpha value is -1.69. The van der Waals surface area contributed by atoms with E-state index in [0.29, 0.717) is 16.6 Å². The van der Waals surface area contributed by atoms with Gasteiger partial charge in [0.25, 0.3) is 11.7 Å². The average molecular weight is 383 g/mol. The van der Waals surface area contributed by atoms with Crippen LogP contribution in [0.2, 0.25) is 0 Å². The fourth-order valence-corrected chi connectivity index (χ4v) is 2.51. The maximum absolute atomic E-state index is 12.1. The van der Waals surface area contributed by atoms with Gasteiger partial charge in [-0.1, -0.05) is 48.5 Å². The number of unbranched alkanes of at least 4 members (excludes halogenated alkanes) is 4. The summed E-state index contributed by atoms with van der Waals surface area (Å²) in [6.45, 7) is 2.14. The maximum Gasteiger partial charge on any atom is 0.292 e. The standard InChI is InChI=1S/C17H23BrN2O3/c1-3-4-5-6-7-8-15(21)20-14-10-9-12(18)11-13(14)16(22)17(23)19-2/h9-11H,3-8H2,1-2H3,(H,19,23)(H,20,21). The van der Waals surface area contributed by atoms with Gasteiger partial charge in [-0.25, -0.2) is 0 Å². The molecule has 1 aromatic carbocycles. The van der Waals surface area contributed by atoms with Gasteiger partial charge in [0.1, 0.15) is 0 Å². The summed E-state index contributed by atoms with van der Waals surface area (Å²) >= 11 is 3.27. The molecular formula is C17H23BrN2O3. The Balaban J connectivity index is 2.70. The minimum atomic E-state index is -0.710. The highest BCUT2D eigenvalue weighted by Crippen LogP contribution is 2.22. The Morgan fingerprint density at radius 3 is 2.43 bits per heavy atom. The molecule has 0 fully saturated rings. The van der Waals surface area contributed by atoms with Crippen molar-refractivity contribution in [2.24, 2.45) is 0 Å². The Kier molecular flexibility index (Phi) is 8.55. The number of anilines is 1. The number of nitrogens with one attached hydrogen (secondary N) is 2. The van der Waals surface area contributed by atoms with Crippen molar-refractivity contribution in [3.63, 3.8) is 0 Å². The zero-order chi connectivity index (χ0) is 17.2. The molecule has 23 heavy (non-hydrogen) atoms. The van der Waals surface area contributed by atoms with E-state index in [0.717, 1.165) is 25.7 Å². The highest BCUT2D eigenvalue weighted by atomic mass is 79.9. The molecule has 0 atom stereocenters. The third-order valence-corrected chi connectivity index (χ3v) is 3.93. The van der Waals surface area contributed by atoms with Gasteiger partial charge in [0.2, 0.25) is 5.91 Å². The van der Waals surface area contributed by atoms with E-state index in [1.165, 1.54) is 19.5 Å². The van der Waals surface area contributed by atoms with Crippen molar-refractivity contribution in [1.82, 2.24) is 5.32 Å². The first kappa shape index (κ1) is 19.4. The fraction of sp³-hybridized carbons (Fsp3) is 0.471. The molecule has 0 aliphatic rings. The van der Waals surface area contributed by atoms with E-state index < -0.39 is 11.7 Å². The summed E-state index contributed by atoms with van der Waals surface area (Å²) < 4.78 is 0.669. The third kappa shape index (κ3) is 6.52. The third-order valence-electron chi connectivity index (χ3n) is 3.44. The van der Waals surface area contributed by atoms with Crippen LogP contribution in [0.4, 0.5) is 5.69 Å². The number of amides is 2. The molecule has 0 aliphatic heterocycles. The molecule has 0 saturated carbocycles. The molecule has 0 heterocycles. The number of ketones is 1. The maximum atomic E-state index is 12.1. The zero-order valence-corrected chi connectivity index (χ0v) is 15.2. The molecule has 126 valence electrons. The van der Waals surface area contributed by atoms with Crippen LogP contribution in [0.1, 0.15) is 55.8 Å². The smallest absolute Gasteiger partial charge is 0.292 e. The quantitative estimate of drug-likeness (QED) is 0.388. The second kappa shape index (κ2) is 10.2. The van der Waals surface area contributed by atoms with Gasteiger partial charge in [0, 0.05) is 17.9 Å². The number of Topliss-reactive ketones (excluding diaryl/α,β-unsaturated/α-hetero) is 1. The molecule has 0 saturated heterocycles. The second-order valence-corrected chi connectivity index (χ2v) is 6.23. The number of carbonyl (C=O) groups is 3. The number of hydrogen-bond donors (Lipinski definition) is 2. The molecular weight excluding hydrogens is 360 g/mol. The van der Waals surface area contributed by atoms with Crippen LogP contribution in [-0.4, -0.2) is 24.6 Å². The summed E-state index contributed by atoms with van der Waals surface area (Å²) in [6.07, 6.45) is 5.72. The van der Waals surface area contributed by atoms with Crippen LogP contribution < -0.4 is 10.6 Å². The van der Waals surface area contributed by atoms with E-state index in [1.54, 1.807) is 12.1 Å². The average Bonchev–Trinajstić information content (AvgIpc) is 2.54. The lowest BCUT2D eigenvalue weighted by Crippen LogP contribution is -2.28. The molecule has 0 bridgehead atoms. The van der Waals surface area contributed by atoms with Crippen LogP contribution in [0.3, 0.4) is 0 Å². The molecule has 6 heteroatoms. The highest BCUT2D eigenvalue weighted by Gasteiger charge is 2.19. The van der Waals surface area contributed by atoms with Gasteiger partial charge in [0.05, 0.1) is 11.3 Å². The molecule has 5 nitrogen and oxygen atoms in total. The Morgan fingerprint density at radius 1 is 1.09 bits per heavy atom. The number of rotatable bonds is 9. The minimum Gasteiger partial charge on any atom is -0.352 e. The summed E-state index contributed by atoms with van der Waals surface area (Å²) in [4.78, 5) is 35.6. The number of likely N-dealkylation sites (N-methyl/N-ethyl adjacent to an activating group) is 1. The molecule has 1 aromatic rings. The first-order valence-electron chi connectivity index (χ1n) is 7.85. The minimum absolute atomic E-state index is 0.144. The lowest BCUT2D eigenvalue weighted by Gasteiger charge is -2.10. The van der Waals surface area contributed by atoms with Gasteiger partial charge in [-0.05, 0) is 24.6 Å². The van der Waals surface area contributed by atoms with Crippen molar-refractivity contribution in [2.45, 2.75) is 45.4 Å². The summed E-state index contributed by atoms with van der Waals surface area (Å²) in [5, 5.41) is 5.03. The lowest BCUT2D eigenvalue weighted by molar-refractivity contribution is -0.117. The van der Waals surface area contributed by atoms with E-state index in [2.05, 4.69) is 33.5 Å². The predicted octanol–water partition coefficient (Wildman–Crippen LogP) is 3.68. The molecule has 0 unspecified atom stereocenters. The van der Waals surface area contributed by atoms with Crippen molar-refractivity contribution in [2.75, 3.05) is 12.4 Å². The molecule has 2 amide bonds. The molecule has 0 aliphatic carbocycles. The van der Waals surface area contributed by atoms with Gasteiger partial charge in [-0.3, -0.25) is 14.4 Å². The van der Waals surface area contributed by atoms with Gasteiger partial charge >= 0.3 is 0 Å². The lowest BCUT2D eigenvalue weighted by atomic mass is 10.1. The van der Waals surface area contributed by atoms with E-state index in [9.17, 15) is 14.4 Å². The molecule has 2 N–H and O–H groups in total. The van der Waals surface area contributed by atoms with Crippen LogP contribution in [0.15, 0.2) is 22.7 Å². The van der Waals surface area contributed by atoms with E-state index in [1.807, 2.05) is 0 Å². The normalized spacial score (nSPS) is 10.2. The first-order chi connectivity index (χ1) is 11.0. The van der Waals surface area contributed by atoms with Gasteiger partial charge in [-0.15, -0.1) is 0 Å². The van der Waals surface area contributed by atoms with Crippen molar-refractivity contribution in [1.29, 1.82) is 0 Å². The molecule has 1 rings (SSSR count). The summed E-state index contributed by atoms with van der Waals surface area (Å²) in [7, 11) is 1.40. The first-order valence-corrected chi connectivity index (χ1v) is 8.64. The second-order valence-electron chi connectivity index (χ2n) is 5.31. The summed E-state index contributed by atoms with van der Waals surface area (Å²) in [5.74, 6) is -1.53. The van der Waals surface area contributed by atoms with Crippen molar-refractivity contribution in [3.8, 4) is 0 Å². The van der Waals surface area contributed by atoms with Crippen LogP contribution in [0, 0.1) is 0 Å². The Morgan fingerprint density at radius 2 is 1.78 bits per heavy atom. The van der Waals surface area contributed by atoms with E-state index >= 15 is 0 Å². The van der Waals surface area contributed by atoms with Crippen molar-refractivity contribution in [3.05, 3.63) is 28.2 Å². The molecule has 0 radical (unpaired) electrons. The number of halogens is 1. The number of carbonyl (C=O) groups excluding carboxylic acids is 3. The van der Waals surface area contributed by atoms with Crippen LogP contribution in [-0.2, 0) is 9.59 Å². The molecule has 0 aromatic heterocycles. The van der Waals surface area contributed by atoms with E-state index in [-0.39, 0.29) is 11.5 Å². The topological polar surface area (TPSA) is 75.3 Å². The van der Waals surface area contributed by atoms with Gasteiger partial charge in [0.15, 0.2) is 0 Å². The van der Waals surface area contributed by atoms with Crippen LogP contribution in [0.5, 0.6) is 0 Å². The summed E-state index contributed by atoms with van der Waals surface area (Å²) in [5.41, 5.74) is 0.540. The molecule has 0 spiro atoms. The van der Waals surface area contributed by atoms with Gasteiger partial charge in [-0.2, -0.15) is 0 Å². The zero-order valence-electron chi connectivity index (χ0n) is 13.6. The Bertz CT molecular complexity index is 573. The Labute approximate surface area is 145 Å². The monoisotopic (exact) mass is 382 g/mol. The highest BCUT2D eigenvalue weighted by molar-refractivity contribution is 9.10. The summed E-state index contributed by atoms with van der Waals surface area (Å²) in [6, 6.07) is 4.88. The van der Waals surface area contributed by atoms with Crippen LogP contribution in [0.25, 0.3) is 0 Å².